The first-order valence-corrected chi connectivity index (χ1v) is 11.4. The van der Waals surface area contributed by atoms with Gasteiger partial charge in [0.2, 0.25) is 15.9 Å². The molecule has 1 heterocycles. The molecule has 7 nitrogen and oxygen atoms in total. The average molecular weight is 387 g/mol. The van der Waals surface area contributed by atoms with Crippen LogP contribution in [-0.2, 0) is 19.6 Å². The Labute approximate surface area is 155 Å². The highest BCUT2D eigenvalue weighted by Gasteiger charge is 2.38. The first-order valence-electron chi connectivity index (χ1n) is 9.89. The molecule has 0 spiro atoms. The van der Waals surface area contributed by atoms with E-state index in [9.17, 15) is 23.1 Å². The van der Waals surface area contributed by atoms with Gasteiger partial charge in [-0.05, 0) is 44.9 Å². The number of carbonyl (C=O) groups excluding carboxylic acids is 1. The topological polar surface area (TPSA) is 104 Å². The molecule has 2 aliphatic carbocycles. The molecule has 1 aliphatic heterocycles. The van der Waals surface area contributed by atoms with Gasteiger partial charge in [-0.2, -0.15) is 0 Å². The summed E-state index contributed by atoms with van der Waals surface area (Å²) in [6, 6.07) is 0.0424. The van der Waals surface area contributed by atoms with Gasteiger partial charge in [-0.3, -0.25) is 9.59 Å². The maximum Gasteiger partial charge on any atom is 0.306 e. The molecular formula is C18H30N2O5S. The average Bonchev–Trinajstić information content (AvgIpc) is 3.13. The zero-order valence-corrected chi connectivity index (χ0v) is 16.0. The second kappa shape index (κ2) is 8.25. The van der Waals surface area contributed by atoms with Crippen molar-refractivity contribution in [1.29, 1.82) is 0 Å². The molecule has 2 saturated carbocycles. The van der Waals surface area contributed by atoms with E-state index in [4.69, 9.17) is 0 Å². The maximum absolute atomic E-state index is 12.9. The molecule has 0 radical (unpaired) electrons. The number of rotatable bonds is 5. The van der Waals surface area contributed by atoms with Crippen LogP contribution in [0.5, 0.6) is 0 Å². The van der Waals surface area contributed by atoms with Gasteiger partial charge in [0.15, 0.2) is 0 Å². The number of piperidine rings is 1. The molecular weight excluding hydrogens is 356 g/mol. The van der Waals surface area contributed by atoms with Crippen molar-refractivity contribution in [2.75, 3.05) is 13.1 Å². The molecule has 3 aliphatic rings. The van der Waals surface area contributed by atoms with E-state index in [-0.39, 0.29) is 24.4 Å². The smallest absolute Gasteiger partial charge is 0.306 e. The molecule has 2 N–H and O–H groups in total. The molecule has 0 aromatic heterocycles. The zero-order valence-electron chi connectivity index (χ0n) is 15.2. The Bertz CT molecular complexity index is 629. The van der Waals surface area contributed by atoms with Gasteiger partial charge in [0.25, 0.3) is 0 Å². The van der Waals surface area contributed by atoms with Crippen LogP contribution < -0.4 is 4.72 Å². The minimum absolute atomic E-state index is 0.0424. The number of carboxylic acids is 1. The predicted molar refractivity (Wildman–Crippen MR) is 97.0 cm³/mol. The Morgan fingerprint density at radius 1 is 0.923 bits per heavy atom. The van der Waals surface area contributed by atoms with Crippen LogP contribution in [0.25, 0.3) is 0 Å². The third kappa shape index (κ3) is 4.57. The highest BCUT2D eigenvalue weighted by Crippen LogP contribution is 2.32. The number of hydrogen-bond acceptors (Lipinski definition) is 4. The van der Waals surface area contributed by atoms with Crippen LogP contribution in [0.2, 0.25) is 0 Å². The summed E-state index contributed by atoms with van der Waals surface area (Å²) < 4.78 is 28.2. The van der Waals surface area contributed by atoms with Crippen molar-refractivity contribution in [3.63, 3.8) is 0 Å². The molecule has 8 heteroatoms. The summed E-state index contributed by atoms with van der Waals surface area (Å²) >= 11 is 0. The van der Waals surface area contributed by atoms with Gasteiger partial charge < -0.3 is 10.0 Å². The van der Waals surface area contributed by atoms with Crippen LogP contribution in [0.1, 0.15) is 64.2 Å². The van der Waals surface area contributed by atoms with Crippen molar-refractivity contribution in [3.8, 4) is 0 Å². The minimum Gasteiger partial charge on any atom is -0.481 e. The lowest BCUT2D eigenvalue weighted by molar-refractivity contribution is -0.145. The second-order valence-electron chi connectivity index (χ2n) is 8.09. The molecule has 26 heavy (non-hydrogen) atoms. The summed E-state index contributed by atoms with van der Waals surface area (Å²) in [5.41, 5.74) is 0. The third-order valence-corrected chi connectivity index (χ3v) is 8.11. The molecule has 3 fully saturated rings. The van der Waals surface area contributed by atoms with E-state index in [0.717, 1.165) is 32.1 Å². The Hall–Kier alpha value is -1.15. The normalized spacial score (nSPS) is 31.1. The van der Waals surface area contributed by atoms with Crippen molar-refractivity contribution >= 4 is 21.9 Å². The van der Waals surface area contributed by atoms with E-state index >= 15 is 0 Å². The summed E-state index contributed by atoms with van der Waals surface area (Å²) in [5, 5.41) is 8.66. The van der Waals surface area contributed by atoms with E-state index in [0.29, 0.717) is 38.6 Å². The SMILES string of the molecule is O=C(O)C1CCCC(C(=O)N2CCCC(S(=O)(=O)NC3CCCC3)C2)C1. The Morgan fingerprint density at radius 3 is 2.31 bits per heavy atom. The van der Waals surface area contributed by atoms with Gasteiger partial charge in [0.1, 0.15) is 0 Å². The van der Waals surface area contributed by atoms with Crippen LogP contribution in [0.4, 0.5) is 0 Å². The number of nitrogens with zero attached hydrogens (tertiary/aromatic N) is 1. The number of carbonyl (C=O) groups is 2. The Balaban J connectivity index is 1.60. The highest BCUT2D eigenvalue weighted by molar-refractivity contribution is 7.90. The standard InChI is InChI=1S/C18H30N2O5S/c21-17(13-5-3-6-14(11-13)18(22)23)20-10-4-9-16(12-20)26(24,25)19-15-7-1-2-8-15/h13-16,19H,1-12H2,(H,22,23). The number of carboxylic acid groups (broad SMARTS) is 1. The second-order valence-corrected chi connectivity index (χ2v) is 10.1. The molecule has 3 unspecified atom stereocenters. The fraction of sp³-hybridized carbons (Fsp3) is 0.889. The van der Waals surface area contributed by atoms with E-state index < -0.39 is 27.2 Å². The Kier molecular flexibility index (Phi) is 6.22. The predicted octanol–water partition coefficient (Wildman–Crippen LogP) is 1.73. The van der Waals surface area contributed by atoms with Crippen LogP contribution in [0.3, 0.4) is 0 Å². The molecule has 0 aromatic carbocycles. The highest BCUT2D eigenvalue weighted by atomic mass is 32.2. The van der Waals surface area contributed by atoms with Crippen molar-refractivity contribution in [2.45, 2.75) is 75.5 Å². The molecule has 3 rings (SSSR count). The number of hydrogen-bond donors (Lipinski definition) is 2. The Morgan fingerprint density at radius 2 is 1.62 bits per heavy atom. The van der Waals surface area contributed by atoms with E-state index in [1.807, 2.05) is 0 Å². The van der Waals surface area contributed by atoms with Crippen molar-refractivity contribution in [3.05, 3.63) is 0 Å². The van der Waals surface area contributed by atoms with Crippen LogP contribution in [-0.4, -0.2) is 54.7 Å². The lowest BCUT2D eigenvalue weighted by Crippen LogP contribution is -2.51. The van der Waals surface area contributed by atoms with E-state index in [1.54, 1.807) is 4.90 Å². The number of aliphatic carboxylic acids is 1. The number of likely N-dealkylation sites (tertiary alicyclic amines) is 1. The van der Waals surface area contributed by atoms with E-state index in [1.165, 1.54) is 0 Å². The molecule has 3 atom stereocenters. The first kappa shape index (κ1) is 19.6. The van der Waals surface area contributed by atoms with Gasteiger partial charge in [0, 0.05) is 25.0 Å². The largest absolute Gasteiger partial charge is 0.481 e. The molecule has 1 saturated heterocycles. The molecule has 0 bridgehead atoms. The van der Waals surface area contributed by atoms with Crippen molar-refractivity contribution in [1.82, 2.24) is 9.62 Å². The summed E-state index contributed by atoms with van der Waals surface area (Å²) in [7, 11) is -3.43. The van der Waals surface area contributed by atoms with Crippen LogP contribution in [0, 0.1) is 11.8 Å². The quantitative estimate of drug-likeness (QED) is 0.749. The van der Waals surface area contributed by atoms with Crippen molar-refractivity contribution < 1.29 is 23.1 Å². The number of nitrogens with one attached hydrogen (secondary N) is 1. The molecule has 148 valence electrons. The molecule has 1 amide bonds. The lowest BCUT2D eigenvalue weighted by Gasteiger charge is -2.36. The van der Waals surface area contributed by atoms with Gasteiger partial charge in [-0.15, -0.1) is 0 Å². The van der Waals surface area contributed by atoms with Gasteiger partial charge in [0.05, 0.1) is 11.2 Å². The number of amides is 1. The summed E-state index contributed by atoms with van der Waals surface area (Å²) in [6.07, 6.45) is 7.63. The summed E-state index contributed by atoms with van der Waals surface area (Å²) in [5.74, 6) is -1.63. The molecule has 0 aromatic rings. The van der Waals surface area contributed by atoms with Crippen LogP contribution >= 0.6 is 0 Å². The third-order valence-electron chi connectivity index (χ3n) is 6.19. The first-order chi connectivity index (χ1) is 12.4. The maximum atomic E-state index is 12.9. The summed E-state index contributed by atoms with van der Waals surface area (Å²) in [6.45, 7) is 0.803. The van der Waals surface area contributed by atoms with Crippen LogP contribution in [0.15, 0.2) is 0 Å². The fourth-order valence-corrected chi connectivity index (χ4v) is 6.41. The fourth-order valence-electron chi connectivity index (χ4n) is 4.66. The monoisotopic (exact) mass is 386 g/mol. The lowest BCUT2D eigenvalue weighted by atomic mass is 9.80. The number of sulfonamides is 1. The van der Waals surface area contributed by atoms with E-state index in [2.05, 4.69) is 4.72 Å². The minimum atomic E-state index is -3.43. The summed E-state index contributed by atoms with van der Waals surface area (Å²) in [4.78, 5) is 25.8. The van der Waals surface area contributed by atoms with Gasteiger partial charge >= 0.3 is 5.97 Å². The van der Waals surface area contributed by atoms with Gasteiger partial charge in [-0.1, -0.05) is 19.3 Å². The van der Waals surface area contributed by atoms with Crippen molar-refractivity contribution in [2.24, 2.45) is 11.8 Å². The zero-order chi connectivity index (χ0) is 18.7. The van der Waals surface area contributed by atoms with Gasteiger partial charge in [-0.25, -0.2) is 13.1 Å².